The normalized spacial score (nSPS) is 25.5. The molecule has 2 heteroatoms. The lowest BCUT2D eigenvalue weighted by atomic mass is 10.0. The van der Waals surface area contributed by atoms with Crippen LogP contribution in [0, 0.1) is 0 Å². The first kappa shape index (κ1) is 10.4. The van der Waals surface area contributed by atoms with Crippen LogP contribution in [0.2, 0.25) is 0 Å². The molecule has 2 rings (SSSR count). The van der Waals surface area contributed by atoms with Crippen molar-refractivity contribution in [3.63, 3.8) is 0 Å². The molecule has 0 aromatic rings. The van der Waals surface area contributed by atoms with E-state index in [1.165, 1.54) is 58.2 Å². The van der Waals surface area contributed by atoms with Gasteiger partial charge >= 0.3 is 0 Å². The minimum Gasteiger partial charge on any atom is -0.314 e. The van der Waals surface area contributed by atoms with Crippen LogP contribution in [-0.4, -0.2) is 36.6 Å². The Kier molecular flexibility index (Phi) is 3.82. The molecule has 0 amide bonds. The summed E-state index contributed by atoms with van der Waals surface area (Å²) in [5, 5.41) is 3.68. The molecule has 1 aliphatic carbocycles. The summed E-state index contributed by atoms with van der Waals surface area (Å²) < 4.78 is 0. The summed E-state index contributed by atoms with van der Waals surface area (Å²) in [6.07, 6.45) is 8.33. The van der Waals surface area contributed by atoms with E-state index in [0.717, 1.165) is 12.1 Å². The molecule has 0 aromatic carbocycles. The molecule has 14 heavy (non-hydrogen) atoms. The molecule has 1 aliphatic heterocycles. The molecule has 2 aliphatic rings. The highest BCUT2D eigenvalue weighted by Gasteiger charge is 2.31. The number of hydrogen-bond acceptors (Lipinski definition) is 2. The van der Waals surface area contributed by atoms with Gasteiger partial charge in [-0.05, 0) is 51.7 Å². The van der Waals surface area contributed by atoms with E-state index in [1.807, 2.05) is 0 Å². The molecule has 2 nitrogen and oxygen atoms in total. The van der Waals surface area contributed by atoms with Crippen molar-refractivity contribution in [2.45, 2.75) is 57.5 Å². The van der Waals surface area contributed by atoms with Gasteiger partial charge in [0.15, 0.2) is 0 Å². The zero-order valence-corrected chi connectivity index (χ0v) is 9.47. The van der Waals surface area contributed by atoms with Gasteiger partial charge < -0.3 is 10.2 Å². The van der Waals surface area contributed by atoms with Gasteiger partial charge in [0.05, 0.1) is 0 Å². The van der Waals surface area contributed by atoms with Crippen molar-refractivity contribution in [1.29, 1.82) is 0 Å². The fraction of sp³-hybridized carbons (Fsp3) is 1.00. The lowest BCUT2D eigenvalue weighted by molar-refractivity contribution is 0.189. The minimum atomic E-state index is 0.816. The van der Waals surface area contributed by atoms with Crippen molar-refractivity contribution < 1.29 is 0 Å². The van der Waals surface area contributed by atoms with Crippen molar-refractivity contribution in [2.75, 3.05) is 19.6 Å². The molecule has 2 fully saturated rings. The SMILES string of the molecule is CCCCNC1CCN(C2CC2)CC1. The van der Waals surface area contributed by atoms with Crippen molar-refractivity contribution in [2.24, 2.45) is 0 Å². The molecule has 0 unspecified atom stereocenters. The van der Waals surface area contributed by atoms with Gasteiger partial charge in [0, 0.05) is 12.1 Å². The Morgan fingerprint density at radius 3 is 2.43 bits per heavy atom. The molecule has 1 N–H and O–H groups in total. The maximum atomic E-state index is 3.68. The zero-order valence-electron chi connectivity index (χ0n) is 9.47. The molecule has 0 radical (unpaired) electrons. The summed E-state index contributed by atoms with van der Waals surface area (Å²) >= 11 is 0. The maximum absolute atomic E-state index is 3.68. The van der Waals surface area contributed by atoms with E-state index in [-0.39, 0.29) is 0 Å². The summed E-state index contributed by atoms with van der Waals surface area (Å²) in [5.74, 6) is 0. The van der Waals surface area contributed by atoms with Crippen LogP contribution in [0.4, 0.5) is 0 Å². The third-order valence-corrected chi connectivity index (χ3v) is 3.56. The van der Waals surface area contributed by atoms with Gasteiger partial charge in [-0.1, -0.05) is 13.3 Å². The Hall–Kier alpha value is -0.0800. The number of hydrogen-bond donors (Lipinski definition) is 1. The average Bonchev–Trinajstić information content (AvgIpc) is 3.03. The Balaban J connectivity index is 1.58. The second-order valence-electron chi connectivity index (χ2n) is 4.85. The first-order valence-corrected chi connectivity index (χ1v) is 6.37. The van der Waals surface area contributed by atoms with Gasteiger partial charge in [-0.15, -0.1) is 0 Å². The van der Waals surface area contributed by atoms with E-state index >= 15 is 0 Å². The lowest BCUT2D eigenvalue weighted by Gasteiger charge is -2.32. The van der Waals surface area contributed by atoms with Crippen molar-refractivity contribution in [3.8, 4) is 0 Å². The van der Waals surface area contributed by atoms with E-state index in [2.05, 4.69) is 17.1 Å². The van der Waals surface area contributed by atoms with Gasteiger partial charge in [0.1, 0.15) is 0 Å². The number of nitrogens with one attached hydrogen (secondary N) is 1. The second-order valence-corrected chi connectivity index (χ2v) is 4.85. The number of likely N-dealkylation sites (tertiary alicyclic amines) is 1. The second kappa shape index (κ2) is 5.13. The Morgan fingerprint density at radius 1 is 1.14 bits per heavy atom. The topological polar surface area (TPSA) is 15.3 Å². The van der Waals surface area contributed by atoms with Gasteiger partial charge in [-0.25, -0.2) is 0 Å². The molecule has 0 atom stereocenters. The number of nitrogens with zero attached hydrogens (tertiary/aromatic N) is 1. The number of piperidine rings is 1. The van der Waals surface area contributed by atoms with Crippen molar-refractivity contribution in [3.05, 3.63) is 0 Å². The van der Waals surface area contributed by atoms with E-state index in [4.69, 9.17) is 0 Å². The van der Waals surface area contributed by atoms with Crippen LogP contribution in [0.3, 0.4) is 0 Å². The van der Waals surface area contributed by atoms with E-state index in [9.17, 15) is 0 Å². The van der Waals surface area contributed by atoms with E-state index in [0.29, 0.717) is 0 Å². The van der Waals surface area contributed by atoms with E-state index < -0.39 is 0 Å². The van der Waals surface area contributed by atoms with Crippen LogP contribution in [-0.2, 0) is 0 Å². The molecule has 1 saturated carbocycles. The van der Waals surface area contributed by atoms with Crippen LogP contribution < -0.4 is 5.32 Å². The van der Waals surface area contributed by atoms with Gasteiger partial charge in [0.25, 0.3) is 0 Å². The predicted octanol–water partition coefficient (Wildman–Crippen LogP) is 2.00. The molecular weight excluding hydrogens is 172 g/mol. The monoisotopic (exact) mass is 196 g/mol. The number of rotatable bonds is 5. The Morgan fingerprint density at radius 2 is 1.86 bits per heavy atom. The van der Waals surface area contributed by atoms with Crippen LogP contribution in [0.1, 0.15) is 45.4 Å². The van der Waals surface area contributed by atoms with Gasteiger partial charge in [-0.2, -0.15) is 0 Å². The summed E-state index contributed by atoms with van der Waals surface area (Å²) in [4.78, 5) is 2.69. The van der Waals surface area contributed by atoms with Crippen molar-refractivity contribution in [1.82, 2.24) is 10.2 Å². The first-order chi connectivity index (χ1) is 6.90. The third-order valence-electron chi connectivity index (χ3n) is 3.56. The smallest absolute Gasteiger partial charge is 0.00964 e. The summed E-state index contributed by atoms with van der Waals surface area (Å²) in [5.41, 5.74) is 0. The van der Waals surface area contributed by atoms with E-state index in [1.54, 1.807) is 0 Å². The average molecular weight is 196 g/mol. The predicted molar refractivity (Wildman–Crippen MR) is 60.5 cm³/mol. The number of unbranched alkanes of at least 4 members (excludes halogenated alkanes) is 1. The van der Waals surface area contributed by atoms with Crippen LogP contribution >= 0.6 is 0 Å². The lowest BCUT2D eigenvalue weighted by Crippen LogP contribution is -2.43. The summed E-state index contributed by atoms with van der Waals surface area (Å²) in [7, 11) is 0. The first-order valence-electron chi connectivity index (χ1n) is 6.37. The maximum Gasteiger partial charge on any atom is 0.00964 e. The molecular formula is C12H24N2. The molecule has 1 heterocycles. The Labute approximate surface area is 88.1 Å². The highest BCUT2D eigenvalue weighted by molar-refractivity contribution is 4.88. The molecule has 0 bridgehead atoms. The standard InChI is InChI=1S/C12H24N2/c1-2-3-8-13-11-6-9-14(10-7-11)12-4-5-12/h11-13H,2-10H2,1H3. The molecule has 0 spiro atoms. The fourth-order valence-corrected chi connectivity index (χ4v) is 2.39. The molecule has 82 valence electrons. The van der Waals surface area contributed by atoms with Crippen molar-refractivity contribution >= 4 is 0 Å². The Bertz CT molecular complexity index is 158. The minimum absolute atomic E-state index is 0.816. The van der Waals surface area contributed by atoms with Crippen LogP contribution in [0.15, 0.2) is 0 Å². The van der Waals surface area contributed by atoms with Gasteiger partial charge in [-0.3, -0.25) is 0 Å². The van der Waals surface area contributed by atoms with Crippen LogP contribution in [0.5, 0.6) is 0 Å². The summed E-state index contributed by atoms with van der Waals surface area (Å²) in [6, 6.07) is 1.79. The zero-order chi connectivity index (χ0) is 9.80. The fourth-order valence-electron chi connectivity index (χ4n) is 2.39. The molecule has 1 saturated heterocycles. The quantitative estimate of drug-likeness (QED) is 0.677. The van der Waals surface area contributed by atoms with Gasteiger partial charge in [0.2, 0.25) is 0 Å². The third kappa shape index (κ3) is 2.96. The highest BCUT2D eigenvalue weighted by Crippen LogP contribution is 2.29. The van der Waals surface area contributed by atoms with Crippen LogP contribution in [0.25, 0.3) is 0 Å². The largest absolute Gasteiger partial charge is 0.314 e. The highest BCUT2D eigenvalue weighted by atomic mass is 15.2. The molecule has 0 aromatic heterocycles. The summed E-state index contributed by atoms with van der Waals surface area (Å²) in [6.45, 7) is 6.17.